The van der Waals surface area contributed by atoms with Gasteiger partial charge in [0.2, 0.25) is 0 Å². The molecule has 0 aliphatic carbocycles. The van der Waals surface area contributed by atoms with Gasteiger partial charge in [-0.15, -0.1) is 0 Å². The number of aromatic nitrogens is 1. The predicted molar refractivity (Wildman–Crippen MR) is 104 cm³/mol. The highest BCUT2D eigenvalue weighted by atomic mass is 32.1. The minimum atomic E-state index is -0.480. The van der Waals surface area contributed by atoms with Crippen LogP contribution in [-0.2, 0) is 16.1 Å². The van der Waals surface area contributed by atoms with E-state index >= 15 is 0 Å². The summed E-state index contributed by atoms with van der Waals surface area (Å²) in [5, 5.41) is 11.0. The summed E-state index contributed by atoms with van der Waals surface area (Å²) in [4.78, 5) is 39.3. The number of carbonyl (C=O) groups excluding carboxylic acids is 2. The molecular weight excluding hydrogens is 382 g/mol. The van der Waals surface area contributed by atoms with Crippen LogP contribution in [0.3, 0.4) is 0 Å². The SMILES string of the molecule is COC(=O)CCn1c(=NC(=O)c2cccc(C)c2)sc2cc([N+](=O)[O-])ccc21. The van der Waals surface area contributed by atoms with Crippen LogP contribution in [0, 0.1) is 17.0 Å². The zero-order valence-corrected chi connectivity index (χ0v) is 16.1. The van der Waals surface area contributed by atoms with Gasteiger partial charge in [0.25, 0.3) is 11.6 Å². The van der Waals surface area contributed by atoms with E-state index in [9.17, 15) is 19.7 Å². The Morgan fingerprint density at radius 2 is 2.04 bits per heavy atom. The van der Waals surface area contributed by atoms with Crippen LogP contribution < -0.4 is 4.80 Å². The van der Waals surface area contributed by atoms with Gasteiger partial charge >= 0.3 is 5.97 Å². The molecule has 9 heteroatoms. The van der Waals surface area contributed by atoms with E-state index in [1.165, 1.54) is 19.2 Å². The number of non-ortho nitro benzene ring substituents is 1. The highest BCUT2D eigenvalue weighted by Gasteiger charge is 2.14. The van der Waals surface area contributed by atoms with Crippen LogP contribution in [0.1, 0.15) is 22.3 Å². The van der Waals surface area contributed by atoms with Crippen molar-refractivity contribution in [1.82, 2.24) is 4.57 Å². The standard InChI is InChI=1S/C19H17N3O5S/c1-12-4-3-5-13(10-12)18(24)20-19-21(9-8-17(23)27-2)15-7-6-14(22(25)26)11-16(15)28-19/h3-7,10-11H,8-9H2,1-2H3. The molecule has 28 heavy (non-hydrogen) atoms. The van der Waals surface area contributed by atoms with Gasteiger partial charge in [-0.2, -0.15) is 4.99 Å². The van der Waals surface area contributed by atoms with E-state index in [1.54, 1.807) is 28.8 Å². The van der Waals surface area contributed by atoms with Gasteiger partial charge in [0.15, 0.2) is 4.80 Å². The van der Waals surface area contributed by atoms with Crippen molar-refractivity contribution in [1.29, 1.82) is 0 Å². The number of hydrogen-bond donors (Lipinski definition) is 0. The number of ether oxygens (including phenoxy) is 1. The van der Waals surface area contributed by atoms with Crippen LogP contribution in [-0.4, -0.2) is 28.5 Å². The molecule has 0 bridgehead atoms. The topological polar surface area (TPSA) is 104 Å². The van der Waals surface area contributed by atoms with Gasteiger partial charge < -0.3 is 9.30 Å². The van der Waals surface area contributed by atoms with E-state index in [2.05, 4.69) is 9.73 Å². The number of amides is 1. The first-order valence-corrected chi connectivity index (χ1v) is 9.21. The maximum atomic E-state index is 12.6. The van der Waals surface area contributed by atoms with Crippen LogP contribution in [0.2, 0.25) is 0 Å². The van der Waals surface area contributed by atoms with Crippen molar-refractivity contribution in [2.24, 2.45) is 4.99 Å². The maximum Gasteiger partial charge on any atom is 0.307 e. The monoisotopic (exact) mass is 399 g/mol. The van der Waals surface area contributed by atoms with Gasteiger partial charge in [0, 0.05) is 24.2 Å². The molecule has 3 aromatic rings. The van der Waals surface area contributed by atoms with Gasteiger partial charge in [-0.05, 0) is 25.1 Å². The molecule has 0 radical (unpaired) electrons. The lowest BCUT2D eigenvalue weighted by atomic mass is 10.1. The van der Waals surface area contributed by atoms with Crippen LogP contribution in [0.25, 0.3) is 10.2 Å². The molecule has 0 unspecified atom stereocenters. The second-order valence-corrected chi connectivity index (χ2v) is 7.07. The third kappa shape index (κ3) is 4.15. The number of fused-ring (bicyclic) bond motifs is 1. The first kappa shape index (κ1) is 19.4. The summed E-state index contributed by atoms with van der Waals surface area (Å²) in [6.07, 6.45) is 0.0884. The number of hydrogen-bond acceptors (Lipinski definition) is 6. The van der Waals surface area contributed by atoms with Crippen molar-refractivity contribution in [2.75, 3.05) is 7.11 Å². The fraction of sp³-hybridized carbons (Fsp3) is 0.211. The molecule has 2 aromatic carbocycles. The fourth-order valence-electron chi connectivity index (χ4n) is 2.71. The molecular formula is C19H17N3O5S. The fourth-order valence-corrected chi connectivity index (χ4v) is 3.80. The van der Waals surface area contributed by atoms with E-state index < -0.39 is 16.8 Å². The average molecular weight is 399 g/mol. The zero-order valence-electron chi connectivity index (χ0n) is 15.2. The number of thiazole rings is 1. The largest absolute Gasteiger partial charge is 0.469 e. The third-order valence-electron chi connectivity index (χ3n) is 4.11. The lowest BCUT2D eigenvalue weighted by molar-refractivity contribution is -0.384. The molecule has 0 saturated carbocycles. The van der Waals surface area contributed by atoms with E-state index in [1.807, 2.05) is 13.0 Å². The molecule has 8 nitrogen and oxygen atoms in total. The molecule has 0 aliphatic rings. The lowest BCUT2D eigenvalue weighted by Crippen LogP contribution is -2.19. The molecule has 1 aromatic heterocycles. The Labute approximate surface area is 163 Å². The molecule has 1 heterocycles. The number of carbonyl (C=O) groups is 2. The Hall–Kier alpha value is -3.33. The van der Waals surface area contributed by atoms with E-state index in [0.29, 0.717) is 20.6 Å². The van der Waals surface area contributed by atoms with Crippen LogP contribution in [0.15, 0.2) is 47.5 Å². The molecule has 1 amide bonds. The highest BCUT2D eigenvalue weighted by Crippen LogP contribution is 2.23. The van der Waals surface area contributed by atoms with Crippen molar-refractivity contribution in [2.45, 2.75) is 19.9 Å². The van der Waals surface area contributed by atoms with Gasteiger partial charge in [0.1, 0.15) is 0 Å². The minimum absolute atomic E-state index is 0.0505. The quantitative estimate of drug-likeness (QED) is 0.372. The van der Waals surface area contributed by atoms with Gasteiger partial charge in [0.05, 0.1) is 28.7 Å². The number of esters is 1. The Kier molecular flexibility index (Phi) is 5.65. The smallest absolute Gasteiger partial charge is 0.307 e. The van der Waals surface area contributed by atoms with Gasteiger partial charge in [-0.25, -0.2) is 0 Å². The van der Waals surface area contributed by atoms with Crippen LogP contribution in [0.4, 0.5) is 5.69 Å². The molecule has 0 spiro atoms. The van der Waals surface area contributed by atoms with E-state index in [-0.39, 0.29) is 18.7 Å². The summed E-state index contributed by atoms with van der Waals surface area (Å²) in [7, 11) is 1.30. The first-order chi connectivity index (χ1) is 13.4. The Bertz CT molecular complexity index is 1150. The summed E-state index contributed by atoms with van der Waals surface area (Å²) >= 11 is 1.16. The normalized spacial score (nSPS) is 11.6. The molecule has 0 saturated heterocycles. The number of rotatable bonds is 5. The number of aryl methyl sites for hydroxylation is 2. The number of methoxy groups -OCH3 is 1. The predicted octanol–water partition coefficient (Wildman–Crippen LogP) is 3.22. The number of nitrogens with zero attached hydrogens (tertiary/aromatic N) is 3. The van der Waals surface area contributed by atoms with Crippen molar-refractivity contribution in [3.05, 3.63) is 68.5 Å². The number of nitro groups is 1. The molecule has 144 valence electrons. The maximum absolute atomic E-state index is 12.6. The highest BCUT2D eigenvalue weighted by molar-refractivity contribution is 7.16. The second kappa shape index (κ2) is 8.13. The van der Waals surface area contributed by atoms with Crippen molar-refractivity contribution in [3.8, 4) is 0 Å². The second-order valence-electron chi connectivity index (χ2n) is 6.06. The van der Waals surface area contributed by atoms with Crippen molar-refractivity contribution in [3.63, 3.8) is 0 Å². The van der Waals surface area contributed by atoms with Crippen LogP contribution >= 0.6 is 11.3 Å². The molecule has 0 N–H and O–H groups in total. The minimum Gasteiger partial charge on any atom is -0.469 e. The first-order valence-electron chi connectivity index (χ1n) is 8.39. The lowest BCUT2D eigenvalue weighted by Gasteiger charge is -2.04. The summed E-state index contributed by atoms with van der Waals surface area (Å²) < 4.78 is 6.99. The van der Waals surface area contributed by atoms with Gasteiger partial charge in [-0.1, -0.05) is 29.0 Å². The summed E-state index contributed by atoms with van der Waals surface area (Å²) in [6.45, 7) is 2.12. The van der Waals surface area contributed by atoms with E-state index in [0.717, 1.165) is 16.9 Å². The van der Waals surface area contributed by atoms with Crippen molar-refractivity contribution < 1.29 is 19.2 Å². The van der Waals surface area contributed by atoms with Crippen LogP contribution in [0.5, 0.6) is 0 Å². The Morgan fingerprint density at radius 1 is 1.25 bits per heavy atom. The Balaban J connectivity index is 2.11. The average Bonchev–Trinajstić information content (AvgIpc) is 3.02. The van der Waals surface area contributed by atoms with E-state index in [4.69, 9.17) is 0 Å². The number of nitro benzene ring substituents is 1. The summed E-state index contributed by atoms with van der Waals surface area (Å²) in [5.41, 5.74) is 2.00. The molecule has 0 atom stereocenters. The Morgan fingerprint density at radius 3 is 2.71 bits per heavy atom. The number of benzene rings is 2. The molecule has 0 aliphatic heterocycles. The summed E-state index contributed by atoms with van der Waals surface area (Å²) in [5.74, 6) is -0.818. The zero-order chi connectivity index (χ0) is 20.3. The molecule has 0 fully saturated rings. The van der Waals surface area contributed by atoms with Crippen molar-refractivity contribution >= 4 is 39.1 Å². The third-order valence-corrected chi connectivity index (χ3v) is 5.15. The summed E-state index contributed by atoms with van der Waals surface area (Å²) in [6, 6.07) is 11.5. The molecule has 3 rings (SSSR count). The van der Waals surface area contributed by atoms with Gasteiger partial charge in [-0.3, -0.25) is 19.7 Å².